The molecule has 2 atom stereocenters. The highest BCUT2D eigenvalue weighted by Gasteiger charge is 2.32. The molecule has 1 aliphatic rings. The Kier molecular flexibility index (Phi) is 6.27. The molecule has 0 spiro atoms. The maximum absolute atomic E-state index is 11.7. The molecule has 2 unspecified atom stereocenters. The van der Waals surface area contributed by atoms with E-state index in [0.29, 0.717) is 0 Å². The fraction of sp³-hybridized carbons (Fsp3) is 0.933. The zero-order chi connectivity index (χ0) is 14.5. The number of carbonyl (C=O) groups is 1. The van der Waals surface area contributed by atoms with Gasteiger partial charge in [-0.15, -0.1) is 0 Å². The van der Waals surface area contributed by atoms with Crippen LogP contribution in [-0.4, -0.2) is 42.0 Å². The van der Waals surface area contributed by atoms with E-state index in [9.17, 15) is 4.79 Å². The van der Waals surface area contributed by atoms with Gasteiger partial charge in [0.1, 0.15) is 0 Å². The van der Waals surface area contributed by atoms with Crippen LogP contribution < -0.4 is 11.1 Å². The molecule has 3 N–H and O–H groups in total. The van der Waals surface area contributed by atoms with Crippen molar-refractivity contribution in [2.45, 2.75) is 65.0 Å². The smallest absolute Gasteiger partial charge is 0.237 e. The molecule has 1 aliphatic heterocycles. The van der Waals surface area contributed by atoms with Gasteiger partial charge in [-0.1, -0.05) is 13.3 Å². The van der Waals surface area contributed by atoms with Gasteiger partial charge in [-0.25, -0.2) is 0 Å². The summed E-state index contributed by atoms with van der Waals surface area (Å²) in [6.45, 7) is 11.6. The topological polar surface area (TPSA) is 58.4 Å². The average molecular weight is 269 g/mol. The van der Waals surface area contributed by atoms with E-state index in [1.807, 2.05) is 6.92 Å². The third kappa shape index (κ3) is 5.11. The molecule has 0 aromatic rings. The Labute approximate surface area is 118 Å². The van der Waals surface area contributed by atoms with Crippen LogP contribution in [0.4, 0.5) is 0 Å². The molecular weight excluding hydrogens is 238 g/mol. The summed E-state index contributed by atoms with van der Waals surface area (Å²) in [6, 6.07) is 0.266. The van der Waals surface area contributed by atoms with Crippen molar-refractivity contribution >= 4 is 5.91 Å². The SMILES string of the molecule is CCC1CCCN(CCC(C)(NC(C)C)C(N)=O)C1. The first-order valence-corrected chi connectivity index (χ1v) is 7.67. The summed E-state index contributed by atoms with van der Waals surface area (Å²) >= 11 is 0. The van der Waals surface area contributed by atoms with Gasteiger partial charge in [0.15, 0.2) is 0 Å². The molecule has 0 radical (unpaired) electrons. The highest BCUT2D eigenvalue weighted by Crippen LogP contribution is 2.20. The van der Waals surface area contributed by atoms with Gasteiger partial charge in [-0.05, 0) is 52.5 Å². The average Bonchev–Trinajstić information content (AvgIpc) is 2.35. The molecule has 0 saturated carbocycles. The summed E-state index contributed by atoms with van der Waals surface area (Å²) in [7, 11) is 0. The summed E-state index contributed by atoms with van der Waals surface area (Å²) in [6.07, 6.45) is 4.68. The van der Waals surface area contributed by atoms with E-state index in [4.69, 9.17) is 5.73 Å². The fourth-order valence-electron chi connectivity index (χ4n) is 2.97. The van der Waals surface area contributed by atoms with Crippen molar-refractivity contribution in [3.05, 3.63) is 0 Å². The van der Waals surface area contributed by atoms with E-state index in [1.54, 1.807) is 0 Å². The molecule has 1 fully saturated rings. The van der Waals surface area contributed by atoms with E-state index in [0.717, 1.165) is 25.4 Å². The Balaban J connectivity index is 2.49. The van der Waals surface area contributed by atoms with Gasteiger partial charge in [0.05, 0.1) is 5.54 Å². The van der Waals surface area contributed by atoms with Crippen molar-refractivity contribution in [1.82, 2.24) is 10.2 Å². The van der Waals surface area contributed by atoms with Crippen LogP contribution in [0.15, 0.2) is 0 Å². The summed E-state index contributed by atoms with van der Waals surface area (Å²) in [4.78, 5) is 14.2. The molecule has 1 saturated heterocycles. The predicted octanol–water partition coefficient (Wildman–Crippen LogP) is 1.74. The largest absolute Gasteiger partial charge is 0.368 e. The number of hydrogen-bond acceptors (Lipinski definition) is 3. The number of nitrogens with one attached hydrogen (secondary N) is 1. The van der Waals surface area contributed by atoms with E-state index >= 15 is 0 Å². The second kappa shape index (κ2) is 7.25. The van der Waals surface area contributed by atoms with Crippen LogP contribution in [0.1, 0.15) is 53.4 Å². The molecule has 1 heterocycles. The number of amides is 1. The lowest BCUT2D eigenvalue weighted by Crippen LogP contribution is -2.57. The lowest BCUT2D eigenvalue weighted by molar-refractivity contribution is -0.124. The first-order chi connectivity index (χ1) is 8.87. The molecule has 4 nitrogen and oxygen atoms in total. The van der Waals surface area contributed by atoms with Crippen molar-refractivity contribution in [2.24, 2.45) is 11.7 Å². The minimum Gasteiger partial charge on any atom is -0.368 e. The van der Waals surface area contributed by atoms with E-state index in [-0.39, 0.29) is 11.9 Å². The van der Waals surface area contributed by atoms with Crippen LogP contribution in [0, 0.1) is 5.92 Å². The molecule has 1 amide bonds. The Hall–Kier alpha value is -0.610. The van der Waals surface area contributed by atoms with Gasteiger partial charge in [0.2, 0.25) is 5.91 Å². The molecule has 19 heavy (non-hydrogen) atoms. The number of piperidine rings is 1. The second-order valence-electron chi connectivity index (χ2n) is 6.46. The Bertz CT molecular complexity index is 293. The lowest BCUT2D eigenvalue weighted by Gasteiger charge is -2.36. The Morgan fingerprint density at radius 3 is 2.74 bits per heavy atom. The van der Waals surface area contributed by atoms with Gasteiger partial charge in [0, 0.05) is 19.1 Å². The lowest BCUT2D eigenvalue weighted by atomic mass is 9.92. The summed E-state index contributed by atoms with van der Waals surface area (Å²) < 4.78 is 0. The molecule has 0 aliphatic carbocycles. The zero-order valence-electron chi connectivity index (χ0n) is 13.0. The maximum Gasteiger partial charge on any atom is 0.237 e. The molecule has 0 bridgehead atoms. The summed E-state index contributed by atoms with van der Waals surface area (Å²) in [5.41, 5.74) is 4.98. The molecule has 4 heteroatoms. The third-order valence-electron chi connectivity index (χ3n) is 4.26. The number of hydrogen-bond donors (Lipinski definition) is 2. The van der Waals surface area contributed by atoms with Gasteiger partial charge < -0.3 is 16.0 Å². The Morgan fingerprint density at radius 2 is 2.21 bits per heavy atom. The Morgan fingerprint density at radius 1 is 1.53 bits per heavy atom. The molecule has 0 aromatic carbocycles. The van der Waals surface area contributed by atoms with Gasteiger partial charge in [-0.3, -0.25) is 4.79 Å². The monoisotopic (exact) mass is 269 g/mol. The number of likely N-dealkylation sites (tertiary alicyclic amines) is 1. The highest BCUT2D eigenvalue weighted by atomic mass is 16.1. The molecule has 1 rings (SSSR count). The quantitative estimate of drug-likeness (QED) is 0.740. The van der Waals surface area contributed by atoms with Crippen molar-refractivity contribution in [2.75, 3.05) is 19.6 Å². The van der Waals surface area contributed by atoms with Crippen LogP contribution in [0.5, 0.6) is 0 Å². The van der Waals surface area contributed by atoms with Crippen LogP contribution in [0.25, 0.3) is 0 Å². The predicted molar refractivity (Wildman–Crippen MR) is 79.9 cm³/mol. The minimum atomic E-state index is -0.590. The number of primary amides is 1. The number of carbonyl (C=O) groups excluding carboxylic acids is 1. The summed E-state index contributed by atoms with van der Waals surface area (Å²) in [5, 5.41) is 3.32. The third-order valence-corrected chi connectivity index (χ3v) is 4.26. The van der Waals surface area contributed by atoms with Crippen molar-refractivity contribution < 1.29 is 4.79 Å². The van der Waals surface area contributed by atoms with Gasteiger partial charge in [-0.2, -0.15) is 0 Å². The van der Waals surface area contributed by atoms with Gasteiger partial charge >= 0.3 is 0 Å². The second-order valence-corrected chi connectivity index (χ2v) is 6.46. The normalized spacial score (nSPS) is 24.4. The number of rotatable bonds is 7. The van der Waals surface area contributed by atoms with Crippen LogP contribution in [-0.2, 0) is 4.79 Å². The first-order valence-electron chi connectivity index (χ1n) is 7.67. The number of nitrogens with two attached hydrogens (primary N) is 1. The first kappa shape index (κ1) is 16.4. The highest BCUT2D eigenvalue weighted by molar-refractivity contribution is 5.84. The standard InChI is InChI=1S/C15H31N3O/c1-5-13-7-6-9-18(11-13)10-8-15(4,14(16)19)17-12(2)3/h12-13,17H,5-11H2,1-4H3,(H2,16,19). The van der Waals surface area contributed by atoms with Crippen molar-refractivity contribution in [3.63, 3.8) is 0 Å². The van der Waals surface area contributed by atoms with Crippen molar-refractivity contribution in [3.8, 4) is 0 Å². The molecule has 112 valence electrons. The van der Waals surface area contributed by atoms with E-state index < -0.39 is 5.54 Å². The molecular formula is C15H31N3O. The summed E-state index contributed by atoms with van der Waals surface area (Å²) in [5.74, 6) is 0.580. The van der Waals surface area contributed by atoms with E-state index in [2.05, 4.69) is 31.0 Å². The number of nitrogens with zero attached hydrogens (tertiary/aromatic N) is 1. The zero-order valence-corrected chi connectivity index (χ0v) is 13.0. The van der Waals surface area contributed by atoms with Crippen LogP contribution in [0.3, 0.4) is 0 Å². The van der Waals surface area contributed by atoms with Crippen molar-refractivity contribution in [1.29, 1.82) is 0 Å². The van der Waals surface area contributed by atoms with Gasteiger partial charge in [0.25, 0.3) is 0 Å². The molecule has 0 aromatic heterocycles. The maximum atomic E-state index is 11.7. The van der Waals surface area contributed by atoms with Crippen LogP contribution >= 0.6 is 0 Å². The minimum absolute atomic E-state index is 0.245. The van der Waals surface area contributed by atoms with Crippen LogP contribution in [0.2, 0.25) is 0 Å². The fourth-order valence-corrected chi connectivity index (χ4v) is 2.97. The van der Waals surface area contributed by atoms with E-state index in [1.165, 1.54) is 25.8 Å².